The van der Waals surface area contributed by atoms with Crippen molar-refractivity contribution in [3.05, 3.63) is 90.3 Å². The first-order chi connectivity index (χ1) is 15.8. The number of nitrogens with zero attached hydrogens (tertiary/aromatic N) is 4. The second-order valence-electron chi connectivity index (χ2n) is 7.72. The van der Waals surface area contributed by atoms with Gasteiger partial charge in [-0.05, 0) is 54.7 Å². The molecule has 0 aliphatic heterocycles. The number of pyridine rings is 1. The zero-order valence-electron chi connectivity index (χ0n) is 17.5. The molecule has 1 aliphatic rings. The summed E-state index contributed by atoms with van der Waals surface area (Å²) >= 11 is 1.39. The molecule has 0 fully saturated rings. The van der Waals surface area contributed by atoms with Gasteiger partial charge in [0.1, 0.15) is 0 Å². The van der Waals surface area contributed by atoms with E-state index in [9.17, 15) is 4.79 Å². The van der Waals surface area contributed by atoms with Gasteiger partial charge in [0.2, 0.25) is 5.91 Å². The summed E-state index contributed by atoms with van der Waals surface area (Å²) < 4.78 is 1.98. The van der Waals surface area contributed by atoms with E-state index in [1.165, 1.54) is 22.9 Å². The molecule has 5 rings (SSSR count). The highest BCUT2D eigenvalue weighted by Crippen LogP contribution is 2.30. The Kier molecular flexibility index (Phi) is 5.98. The van der Waals surface area contributed by atoms with E-state index in [-0.39, 0.29) is 17.7 Å². The molecule has 0 saturated carbocycles. The van der Waals surface area contributed by atoms with E-state index in [4.69, 9.17) is 0 Å². The van der Waals surface area contributed by atoms with Crippen molar-refractivity contribution in [1.82, 2.24) is 25.1 Å². The zero-order chi connectivity index (χ0) is 21.8. The van der Waals surface area contributed by atoms with E-state index in [2.05, 4.69) is 38.7 Å². The summed E-state index contributed by atoms with van der Waals surface area (Å²) in [6, 6.07) is 22.2. The maximum atomic E-state index is 12.8. The van der Waals surface area contributed by atoms with E-state index in [1.807, 2.05) is 53.1 Å². The lowest BCUT2D eigenvalue weighted by atomic mass is 9.88. The monoisotopic (exact) mass is 441 g/mol. The number of hydrogen-bond acceptors (Lipinski definition) is 5. The summed E-state index contributed by atoms with van der Waals surface area (Å²) in [6.45, 7) is 0. The Morgan fingerprint density at radius 2 is 1.88 bits per heavy atom. The Bertz CT molecular complexity index is 1210. The number of nitrogens with one attached hydrogen (secondary N) is 1. The molecule has 6 nitrogen and oxygen atoms in total. The molecule has 2 heterocycles. The summed E-state index contributed by atoms with van der Waals surface area (Å²) in [7, 11) is 0. The summed E-state index contributed by atoms with van der Waals surface area (Å²) in [4.78, 5) is 17.0. The third-order valence-corrected chi connectivity index (χ3v) is 6.53. The molecular weight excluding hydrogens is 418 g/mol. The largest absolute Gasteiger partial charge is 0.349 e. The van der Waals surface area contributed by atoms with Gasteiger partial charge >= 0.3 is 0 Å². The zero-order valence-corrected chi connectivity index (χ0v) is 18.3. The number of para-hydroxylation sites is 1. The summed E-state index contributed by atoms with van der Waals surface area (Å²) in [5.41, 5.74) is 4.39. The van der Waals surface area contributed by atoms with Crippen LogP contribution in [0.25, 0.3) is 17.1 Å². The van der Waals surface area contributed by atoms with Crippen LogP contribution < -0.4 is 5.32 Å². The number of aromatic nitrogens is 4. The van der Waals surface area contributed by atoms with Crippen LogP contribution in [0.2, 0.25) is 0 Å². The Hall–Kier alpha value is -3.45. The number of hydrogen-bond donors (Lipinski definition) is 1. The Balaban J connectivity index is 1.35. The van der Waals surface area contributed by atoms with E-state index in [0.717, 1.165) is 30.5 Å². The van der Waals surface area contributed by atoms with Gasteiger partial charge in [-0.1, -0.05) is 54.2 Å². The molecule has 0 spiro atoms. The minimum absolute atomic E-state index is 0.00208. The van der Waals surface area contributed by atoms with Crippen LogP contribution in [0.5, 0.6) is 0 Å². The number of rotatable bonds is 6. The van der Waals surface area contributed by atoms with Gasteiger partial charge in [-0.2, -0.15) is 0 Å². The van der Waals surface area contributed by atoms with Crippen molar-refractivity contribution in [3.63, 3.8) is 0 Å². The lowest BCUT2D eigenvalue weighted by Crippen LogP contribution is -2.32. The molecule has 32 heavy (non-hydrogen) atoms. The van der Waals surface area contributed by atoms with Crippen molar-refractivity contribution in [2.24, 2.45) is 0 Å². The third-order valence-electron chi connectivity index (χ3n) is 5.60. The van der Waals surface area contributed by atoms with Gasteiger partial charge in [0.25, 0.3) is 0 Å². The van der Waals surface area contributed by atoms with E-state index < -0.39 is 0 Å². The Morgan fingerprint density at radius 3 is 2.72 bits per heavy atom. The lowest BCUT2D eigenvalue weighted by Gasteiger charge is -2.26. The van der Waals surface area contributed by atoms with Crippen LogP contribution in [0.3, 0.4) is 0 Å². The molecule has 0 radical (unpaired) electrons. The van der Waals surface area contributed by atoms with Gasteiger partial charge < -0.3 is 5.32 Å². The summed E-state index contributed by atoms with van der Waals surface area (Å²) in [6.07, 6.45) is 6.64. The van der Waals surface area contributed by atoms with Gasteiger partial charge in [0, 0.05) is 23.6 Å². The molecule has 2 aromatic carbocycles. The van der Waals surface area contributed by atoms with Crippen LogP contribution in [-0.4, -0.2) is 31.4 Å². The van der Waals surface area contributed by atoms with Crippen molar-refractivity contribution in [2.45, 2.75) is 30.5 Å². The van der Waals surface area contributed by atoms with Gasteiger partial charge in [0.15, 0.2) is 11.0 Å². The van der Waals surface area contributed by atoms with Crippen molar-refractivity contribution in [3.8, 4) is 17.1 Å². The minimum Gasteiger partial charge on any atom is -0.349 e. The van der Waals surface area contributed by atoms with Gasteiger partial charge in [0.05, 0.1) is 11.8 Å². The van der Waals surface area contributed by atoms with E-state index in [0.29, 0.717) is 11.0 Å². The second kappa shape index (κ2) is 9.36. The highest BCUT2D eigenvalue weighted by molar-refractivity contribution is 7.99. The average molecular weight is 442 g/mol. The topological polar surface area (TPSA) is 72.7 Å². The standard InChI is InChI=1S/C25H23N5OS/c31-23(27-22-14-6-9-18-8-4-5-13-21(18)22)17-32-25-29-28-24(19-10-7-15-26-16-19)30(25)20-11-2-1-3-12-20/h1-5,7-8,10-13,15-16,22H,6,9,14,17H2,(H,27,31). The van der Waals surface area contributed by atoms with Crippen molar-refractivity contribution in [1.29, 1.82) is 0 Å². The minimum atomic E-state index is 0.00208. The third kappa shape index (κ3) is 4.29. The molecule has 4 aromatic rings. The molecule has 1 unspecified atom stereocenters. The number of thioether (sulfide) groups is 1. The van der Waals surface area contributed by atoms with Crippen LogP contribution in [0, 0.1) is 0 Å². The molecule has 0 bridgehead atoms. The Morgan fingerprint density at radius 1 is 1.03 bits per heavy atom. The van der Waals surface area contributed by atoms with Crippen LogP contribution in [0.4, 0.5) is 0 Å². The molecule has 2 aromatic heterocycles. The molecule has 7 heteroatoms. The lowest BCUT2D eigenvalue weighted by molar-refractivity contribution is -0.119. The molecular formula is C25H23N5OS. The predicted molar refractivity (Wildman–Crippen MR) is 126 cm³/mol. The molecule has 0 saturated heterocycles. The number of aryl methyl sites for hydroxylation is 1. The van der Waals surface area contributed by atoms with Crippen LogP contribution in [0.1, 0.15) is 30.0 Å². The summed E-state index contributed by atoms with van der Waals surface area (Å²) in [5.74, 6) is 0.979. The fraction of sp³-hybridized carbons (Fsp3) is 0.200. The number of carbonyl (C=O) groups is 1. The maximum absolute atomic E-state index is 12.8. The number of fused-ring (bicyclic) bond motifs is 1. The Labute approximate surface area is 191 Å². The number of amides is 1. The van der Waals surface area contributed by atoms with Gasteiger partial charge in [-0.15, -0.1) is 10.2 Å². The highest BCUT2D eigenvalue weighted by Gasteiger charge is 2.22. The van der Waals surface area contributed by atoms with Crippen molar-refractivity contribution < 1.29 is 4.79 Å². The molecule has 1 aliphatic carbocycles. The summed E-state index contributed by atoms with van der Waals surface area (Å²) in [5, 5.41) is 12.7. The van der Waals surface area contributed by atoms with E-state index >= 15 is 0 Å². The van der Waals surface area contributed by atoms with E-state index in [1.54, 1.807) is 12.4 Å². The van der Waals surface area contributed by atoms with Gasteiger partial charge in [-0.3, -0.25) is 14.3 Å². The average Bonchev–Trinajstić information content (AvgIpc) is 3.28. The van der Waals surface area contributed by atoms with Crippen LogP contribution >= 0.6 is 11.8 Å². The number of benzene rings is 2. The first-order valence-corrected chi connectivity index (χ1v) is 11.7. The predicted octanol–water partition coefficient (Wildman–Crippen LogP) is 4.62. The first-order valence-electron chi connectivity index (χ1n) is 10.7. The van der Waals surface area contributed by atoms with Crippen LogP contribution in [-0.2, 0) is 11.2 Å². The molecule has 1 amide bonds. The smallest absolute Gasteiger partial charge is 0.230 e. The SMILES string of the molecule is O=C(CSc1nnc(-c2cccnc2)n1-c1ccccc1)NC1CCCc2ccccc21. The highest BCUT2D eigenvalue weighted by atomic mass is 32.2. The molecule has 1 N–H and O–H groups in total. The van der Waals surface area contributed by atoms with Gasteiger partial charge in [-0.25, -0.2) is 0 Å². The molecule has 1 atom stereocenters. The second-order valence-corrected chi connectivity index (χ2v) is 8.66. The normalized spacial score (nSPS) is 15.2. The first kappa shape index (κ1) is 20.5. The van der Waals surface area contributed by atoms with Crippen molar-refractivity contribution in [2.75, 3.05) is 5.75 Å². The fourth-order valence-corrected chi connectivity index (χ4v) is 4.89. The number of carbonyl (C=O) groups excluding carboxylic acids is 1. The van der Waals surface area contributed by atoms with Crippen LogP contribution in [0.15, 0.2) is 84.3 Å². The van der Waals surface area contributed by atoms with Crippen molar-refractivity contribution >= 4 is 17.7 Å². The quantitative estimate of drug-likeness (QED) is 0.442. The fourth-order valence-electron chi connectivity index (χ4n) is 4.13. The maximum Gasteiger partial charge on any atom is 0.230 e. The molecule has 160 valence electrons.